The van der Waals surface area contributed by atoms with Gasteiger partial charge in [0.1, 0.15) is 0 Å². The van der Waals surface area contributed by atoms with Gasteiger partial charge in [-0.2, -0.15) is 0 Å². The van der Waals surface area contributed by atoms with Crippen LogP contribution < -0.4 is 0 Å². The third-order valence-electron chi connectivity index (χ3n) is 4.35. The summed E-state index contributed by atoms with van der Waals surface area (Å²) < 4.78 is 0. The van der Waals surface area contributed by atoms with Gasteiger partial charge in [0.15, 0.2) is 5.78 Å². The molecule has 2 rings (SSSR count). The largest absolute Gasteiger partial charge is 0.303 e. The maximum Gasteiger partial charge on any atom is 0.164 e. The Balaban J connectivity index is 1.84. The van der Waals surface area contributed by atoms with Crippen molar-refractivity contribution >= 4 is 5.78 Å². The predicted octanol–water partition coefficient (Wildman–Crippen LogP) is 3.55. The van der Waals surface area contributed by atoms with Crippen molar-refractivity contribution < 1.29 is 4.79 Å². The molecule has 1 fully saturated rings. The molecule has 0 saturated carbocycles. The molecular weight excluding hydrogens is 234 g/mol. The van der Waals surface area contributed by atoms with Gasteiger partial charge in [-0.25, -0.2) is 0 Å². The van der Waals surface area contributed by atoms with E-state index < -0.39 is 0 Å². The first-order valence-electron chi connectivity index (χ1n) is 7.39. The van der Waals surface area contributed by atoms with Crippen molar-refractivity contribution in [3.8, 4) is 0 Å². The molecule has 0 radical (unpaired) electrons. The number of nitrogens with zero attached hydrogens (tertiary/aromatic N) is 1. The third-order valence-corrected chi connectivity index (χ3v) is 4.35. The molecule has 0 amide bonds. The Kier molecular flexibility index (Phi) is 4.76. The lowest BCUT2D eigenvalue weighted by molar-refractivity contribution is 0.0967. The van der Waals surface area contributed by atoms with Crippen molar-refractivity contribution in [2.24, 2.45) is 11.8 Å². The van der Waals surface area contributed by atoms with Crippen molar-refractivity contribution in [3.63, 3.8) is 0 Å². The normalized spacial score (nSPS) is 20.1. The van der Waals surface area contributed by atoms with Gasteiger partial charge in [-0.15, -0.1) is 0 Å². The van der Waals surface area contributed by atoms with Crippen molar-refractivity contribution in [1.29, 1.82) is 0 Å². The average Bonchev–Trinajstić information content (AvgIpc) is 2.85. The molecule has 104 valence electrons. The van der Waals surface area contributed by atoms with Gasteiger partial charge in [-0.1, -0.05) is 38.1 Å². The monoisotopic (exact) mass is 259 g/mol. The molecule has 1 aliphatic heterocycles. The molecule has 1 aliphatic rings. The van der Waals surface area contributed by atoms with Crippen LogP contribution in [0.3, 0.4) is 0 Å². The summed E-state index contributed by atoms with van der Waals surface area (Å²) in [6, 6.07) is 7.89. The van der Waals surface area contributed by atoms with E-state index in [1.165, 1.54) is 13.0 Å². The molecule has 0 bridgehead atoms. The fourth-order valence-electron chi connectivity index (χ4n) is 2.89. The number of Topliss-reactive ketones (excluding diaryl/α,β-unsaturated/α-hetero) is 1. The molecule has 0 N–H and O–H groups in total. The fraction of sp³-hybridized carbons (Fsp3) is 0.588. The summed E-state index contributed by atoms with van der Waals surface area (Å²) in [5, 5.41) is 0. The van der Waals surface area contributed by atoms with Crippen molar-refractivity contribution in [2.45, 2.75) is 33.6 Å². The Morgan fingerprint density at radius 2 is 2.11 bits per heavy atom. The number of benzene rings is 1. The van der Waals surface area contributed by atoms with Crippen LogP contribution in [0.5, 0.6) is 0 Å². The SMILES string of the molecule is Cc1ccccc1C(=O)CCN1CCC(C(C)C)C1. The second kappa shape index (κ2) is 6.33. The molecule has 1 aromatic carbocycles. The first kappa shape index (κ1) is 14.3. The van der Waals surface area contributed by atoms with Crippen LogP contribution >= 0.6 is 0 Å². The number of aryl methyl sites for hydroxylation is 1. The topological polar surface area (TPSA) is 20.3 Å². The number of carbonyl (C=O) groups excluding carboxylic acids is 1. The van der Waals surface area contributed by atoms with E-state index in [2.05, 4.69) is 18.7 Å². The van der Waals surface area contributed by atoms with Crippen LogP contribution in [0.1, 0.15) is 42.6 Å². The third kappa shape index (κ3) is 3.66. The average molecular weight is 259 g/mol. The Labute approximate surface area is 116 Å². The highest BCUT2D eigenvalue weighted by molar-refractivity contribution is 5.97. The predicted molar refractivity (Wildman–Crippen MR) is 79.5 cm³/mol. The Morgan fingerprint density at radius 1 is 1.37 bits per heavy atom. The summed E-state index contributed by atoms with van der Waals surface area (Å²) in [5.74, 6) is 1.86. The molecule has 2 nitrogen and oxygen atoms in total. The summed E-state index contributed by atoms with van der Waals surface area (Å²) in [4.78, 5) is 14.7. The minimum atomic E-state index is 0.283. The van der Waals surface area contributed by atoms with E-state index in [0.717, 1.165) is 36.1 Å². The van der Waals surface area contributed by atoms with Gasteiger partial charge >= 0.3 is 0 Å². The smallest absolute Gasteiger partial charge is 0.164 e. The molecule has 19 heavy (non-hydrogen) atoms. The van der Waals surface area contributed by atoms with E-state index in [4.69, 9.17) is 0 Å². The lowest BCUT2D eigenvalue weighted by atomic mass is 9.95. The van der Waals surface area contributed by atoms with Crippen molar-refractivity contribution in [3.05, 3.63) is 35.4 Å². The van der Waals surface area contributed by atoms with Crippen LogP contribution in [0, 0.1) is 18.8 Å². The molecule has 1 saturated heterocycles. The lowest BCUT2D eigenvalue weighted by Crippen LogP contribution is -2.25. The second-order valence-electron chi connectivity index (χ2n) is 6.08. The van der Waals surface area contributed by atoms with Crippen LogP contribution in [0.2, 0.25) is 0 Å². The van der Waals surface area contributed by atoms with Gasteiger partial charge in [0.05, 0.1) is 0 Å². The molecule has 1 atom stereocenters. The van der Waals surface area contributed by atoms with E-state index >= 15 is 0 Å². The first-order chi connectivity index (χ1) is 9.08. The second-order valence-corrected chi connectivity index (χ2v) is 6.08. The molecule has 1 aromatic rings. The maximum atomic E-state index is 12.2. The number of ketones is 1. The minimum absolute atomic E-state index is 0.283. The Bertz CT molecular complexity index is 439. The van der Waals surface area contributed by atoms with Gasteiger partial charge in [-0.05, 0) is 37.3 Å². The van der Waals surface area contributed by atoms with Gasteiger partial charge in [0, 0.05) is 25.1 Å². The molecule has 0 aromatic heterocycles. The number of hydrogen-bond acceptors (Lipinski definition) is 2. The molecule has 1 heterocycles. The van der Waals surface area contributed by atoms with Crippen LogP contribution in [0.15, 0.2) is 24.3 Å². The molecule has 2 heteroatoms. The van der Waals surface area contributed by atoms with E-state index in [-0.39, 0.29) is 5.78 Å². The molecular formula is C17H25NO. The lowest BCUT2D eigenvalue weighted by Gasteiger charge is -2.17. The van der Waals surface area contributed by atoms with Gasteiger partial charge in [0.25, 0.3) is 0 Å². The summed E-state index contributed by atoms with van der Waals surface area (Å²) in [6.45, 7) is 9.84. The van der Waals surface area contributed by atoms with Crippen LogP contribution in [0.4, 0.5) is 0 Å². The zero-order valence-electron chi connectivity index (χ0n) is 12.4. The highest BCUT2D eigenvalue weighted by atomic mass is 16.1. The van der Waals surface area contributed by atoms with E-state index in [1.807, 2.05) is 31.2 Å². The number of rotatable bonds is 5. The highest BCUT2D eigenvalue weighted by Gasteiger charge is 2.24. The zero-order valence-corrected chi connectivity index (χ0v) is 12.4. The van der Waals surface area contributed by atoms with Crippen LogP contribution in [-0.4, -0.2) is 30.3 Å². The molecule has 0 spiro atoms. The number of carbonyl (C=O) groups is 1. The summed E-state index contributed by atoms with van der Waals surface area (Å²) in [7, 11) is 0. The maximum absolute atomic E-state index is 12.2. The zero-order chi connectivity index (χ0) is 13.8. The van der Waals surface area contributed by atoms with Gasteiger partial charge in [0.2, 0.25) is 0 Å². The van der Waals surface area contributed by atoms with Crippen LogP contribution in [-0.2, 0) is 0 Å². The van der Waals surface area contributed by atoms with E-state index in [0.29, 0.717) is 6.42 Å². The van der Waals surface area contributed by atoms with E-state index in [9.17, 15) is 4.79 Å². The molecule has 0 aliphatic carbocycles. The van der Waals surface area contributed by atoms with E-state index in [1.54, 1.807) is 0 Å². The molecule has 1 unspecified atom stereocenters. The van der Waals surface area contributed by atoms with Crippen molar-refractivity contribution in [1.82, 2.24) is 4.90 Å². The Morgan fingerprint density at radius 3 is 2.74 bits per heavy atom. The quantitative estimate of drug-likeness (QED) is 0.754. The minimum Gasteiger partial charge on any atom is -0.303 e. The summed E-state index contributed by atoms with van der Waals surface area (Å²) in [6.07, 6.45) is 1.94. The summed E-state index contributed by atoms with van der Waals surface area (Å²) >= 11 is 0. The standard InChI is InChI=1S/C17H25NO/c1-13(2)15-8-10-18(12-15)11-9-17(19)16-7-5-4-6-14(16)3/h4-7,13,15H,8-12H2,1-3H3. The summed E-state index contributed by atoms with van der Waals surface area (Å²) in [5.41, 5.74) is 1.98. The van der Waals surface area contributed by atoms with Crippen LogP contribution in [0.25, 0.3) is 0 Å². The number of likely N-dealkylation sites (tertiary alicyclic amines) is 1. The van der Waals surface area contributed by atoms with Gasteiger partial charge in [-0.3, -0.25) is 4.79 Å². The number of hydrogen-bond donors (Lipinski definition) is 0. The highest BCUT2D eigenvalue weighted by Crippen LogP contribution is 2.23. The Hall–Kier alpha value is -1.15. The first-order valence-corrected chi connectivity index (χ1v) is 7.39. The fourth-order valence-corrected chi connectivity index (χ4v) is 2.89. The van der Waals surface area contributed by atoms with Gasteiger partial charge < -0.3 is 4.90 Å². The van der Waals surface area contributed by atoms with Crippen molar-refractivity contribution in [2.75, 3.05) is 19.6 Å².